The molecule has 86 valence electrons. The fraction of sp³-hybridized carbons (Fsp3) is 0.400. The quantitative estimate of drug-likeness (QED) is 0.707. The zero-order valence-electron chi connectivity index (χ0n) is 8.94. The maximum absolute atomic E-state index is 13.5. The normalized spacial score (nSPS) is 18.8. The molecule has 0 fully saturated rings. The van der Waals surface area contributed by atoms with Crippen molar-refractivity contribution in [3.63, 3.8) is 0 Å². The van der Waals surface area contributed by atoms with Crippen molar-refractivity contribution in [1.82, 2.24) is 0 Å². The van der Waals surface area contributed by atoms with Gasteiger partial charge < -0.3 is 20.1 Å². The van der Waals surface area contributed by atoms with E-state index in [2.05, 4.69) is 0 Å². The Balaban J connectivity index is 2.51. The van der Waals surface area contributed by atoms with Gasteiger partial charge in [-0.25, -0.2) is 4.39 Å². The number of halogens is 1. The first-order valence-corrected chi connectivity index (χ1v) is 5.17. The molecular formula is C10H13BFNO3. The average molecular weight is 225 g/mol. The summed E-state index contributed by atoms with van der Waals surface area (Å²) in [6.45, 7) is 2.32. The molecule has 1 aliphatic rings. The third kappa shape index (κ3) is 1.69. The Morgan fingerprint density at radius 1 is 1.62 bits per heavy atom. The van der Waals surface area contributed by atoms with Gasteiger partial charge in [-0.05, 0) is 18.6 Å². The SMILES string of the molecule is CCOc1c(F)ccc2c1B(O)OC2CN. The average Bonchev–Trinajstić information content (AvgIpc) is 2.60. The van der Waals surface area contributed by atoms with Crippen molar-refractivity contribution in [2.45, 2.75) is 13.0 Å². The minimum absolute atomic E-state index is 0.0588. The molecule has 0 bridgehead atoms. The van der Waals surface area contributed by atoms with E-state index in [1.54, 1.807) is 13.0 Å². The van der Waals surface area contributed by atoms with Crippen molar-refractivity contribution < 1.29 is 18.8 Å². The zero-order chi connectivity index (χ0) is 11.7. The number of benzene rings is 1. The fourth-order valence-electron chi connectivity index (χ4n) is 1.89. The third-order valence-electron chi connectivity index (χ3n) is 2.57. The van der Waals surface area contributed by atoms with Crippen LogP contribution in [0.3, 0.4) is 0 Å². The molecule has 0 spiro atoms. The highest BCUT2D eigenvalue weighted by Crippen LogP contribution is 2.28. The minimum Gasteiger partial charge on any atom is -0.491 e. The number of nitrogens with two attached hydrogens (primary N) is 1. The van der Waals surface area contributed by atoms with Crippen molar-refractivity contribution in [3.8, 4) is 5.75 Å². The lowest BCUT2D eigenvalue weighted by Gasteiger charge is -2.11. The molecule has 1 aliphatic heterocycles. The molecule has 1 atom stereocenters. The summed E-state index contributed by atoms with van der Waals surface area (Å²) in [6, 6.07) is 2.87. The smallest absolute Gasteiger partial charge is 0.491 e. The molecule has 4 nitrogen and oxygen atoms in total. The van der Waals surface area contributed by atoms with Gasteiger partial charge in [-0.15, -0.1) is 0 Å². The van der Waals surface area contributed by atoms with Crippen LogP contribution in [0.5, 0.6) is 5.75 Å². The maximum atomic E-state index is 13.5. The van der Waals surface area contributed by atoms with Crippen LogP contribution in [-0.4, -0.2) is 25.3 Å². The van der Waals surface area contributed by atoms with Crippen molar-refractivity contribution >= 4 is 12.6 Å². The second-order valence-electron chi connectivity index (χ2n) is 3.53. The molecule has 0 aliphatic carbocycles. The van der Waals surface area contributed by atoms with Crippen LogP contribution in [0.2, 0.25) is 0 Å². The van der Waals surface area contributed by atoms with Crippen LogP contribution in [0.25, 0.3) is 0 Å². The fourth-order valence-corrected chi connectivity index (χ4v) is 1.89. The Bertz CT molecular complexity index is 402. The summed E-state index contributed by atoms with van der Waals surface area (Å²) in [5.74, 6) is -0.440. The molecule has 0 radical (unpaired) electrons. The molecular weight excluding hydrogens is 212 g/mol. The lowest BCUT2D eigenvalue weighted by atomic mass is 9.78. The van der Waals surface area contributed by atoms with Gasteiger partial charge in [0.25, 0.3) is 0 Å². The Hall–Kier alpha value is -1.11. The summed E-state index contributed by atoms with van der Waals surface area (Å²) >= 11 is 0. The molecule has 16 heavy (non-hydrogen) atoms. The maximum Gasteiger partial charge on any atom is 0.495 e. The van der Waals surface area contributed by atoms with E-state index in [4.69, 9.17) is 15.1 Å². The number of fused-ring (bicyclic) bond motifs is 1. The second kappa shape index (κ2) is 4.41. The topological polar surface area (TPSA) is 64.7 Å². The Morgan fingerprint density at radius 3 is 3.00 bits per heavy atom. The van der Waals surface area contributed by atoms with Crippen LogP contribution >= 0.6 is 0 Å². The molecule has 3 N–H and O–H groups in total. The van der Waals surface area contributed by atoms with E-state index in [9.17, 15) is 9.41 Å². The van der Waals surface area contributed by atoms with E-state index in [1.807, 2.05) is 0 Å². The third-order valence-corrected chi connectivity index (χ3v) is 2.57. The first-order chi connectivity index (χ1) is 7.69. The Kier molecular flexibility index (Phi) is 3.14. The Labute approximate surface area is 93.3 Å². The summed E-state index contributed by atoms with van der Waals surface area (Å²) < 4.78 is 23.9. The van der Waals surface area contributed by atoms with Crippen LogP contribution in [-0.2, 0) is 4.65 Å². The van der Waals surface area contributed by atoms with Gasteiger partial charge in [-0.3, -0.25) is 0 Å². The van der Waals surface area contributed by atoms with Crippen molar-refractivity contribution in [1.29, 1.82) is 0 Å². The van der Waals surface area contributed by atoms with Gasteiger partial charge in [0, 0.05) is 12.0 Å². The van der Waals surface area contributed by atoms with Gasteiger partial charge in [0.05, 0.1) is 12.7 Å². The van der Waals surface area contributed by atoms with Crippen LogP contribution in [0, 0.1) is 5.82 Å². The minimum atomic E-state index is -1.17. The second-order valence-corrected chi connectivity index (χ2v) is 3.53. The first kappa shape index (κ1) is 11.4. The number of hydrogen-bond donors (Lipinski definition) is 2. The highest BCUT2D eigenvalue weighted by Gasteiger charge is 2.38. The van der Waals surface area contributed by atoms with Crippen LogP contribution < -0.4 is 15.9 Å². The molecule has 0 saturated carbocycles. The molecule has 1 aromatic carbocycles. The first-order valence-electron chi connectivity index (χ1n) is 5.17. The van der Waals surface area contributed by atoms with Crippen LogP contribution in [0.15, 0.2) is 12.1 Å². The van der Waals surface area contributed by atoms with Gasteiger partial charge in [-0.2, -0.15) is 0 Å². The molecule has 0 saturated heterocycles. The molecule has 0 aromatic heterocycles. The lowest BCUT2D eigenvalue weighted by Crippen LogP contribution is -2.30. The number of ether oxygens (including phenoxy) is 1. The van der Waals surface area contributed by atoms with Crippen molar-refractivity contribution in [3.05, 3.63) is 23.5 Å². The van der Waals surface area contributed by atoms with Gasteiger partial charge >= 0.3 is 7.12 Å². The van der Waals surface area contributed by atoms with Crippen LogP contribution in [0.4, 0.5) is 4.39 Å². The molecule has 6 heteroatoms. The number of hydrogen-bond acceptors (Lipinski definition) is 4. The van der Waals surface area contributed by atoms with Crippen molar-refractivity contribution in [2.24, 2.45) is 5.73 Å². The summed E-state index contributed by atoms with van der Waals surface area (Å²) in [5, 5.41) is 9.69. The molecule has 1 aromatic rings. The molecule has 1 heterocycles. The molecule has 2 rings (SSSR count). The zero-order valence-corrected chi connectivity index (χ0v) is 8.94. The summed E-state index contributed by atoms with van der Waals surface area (Å²) in [6.07, 6.45) is -0.398. The lowest BCUT2D eigenvalue weighted by molar-refractivity contribution is 0.198. The summed E-state index contributed by atoms with van der Waals surface area (Å²) in [7, 11) is -1.17. The summed E-state index contributed by atoms with van der Waals surface area (Å²) in [4.78, 5) is 0. The van der Waals surface area contributed by atoms with E-state index in [1.165, 1.54) is 6.07 Å². The Morgan fingerprint density at radius 2 is 2.38 bits per heavy atom. The van der Waals surface area contributed by atoms with Crippen LogP contribution in [0.1, 0.15) is 18.6 Å². The number of rotatable bonds is 3. The predicted molar refractivity (Wildman–Crippen MR) is 58.1 cm³/mol. The van der Waals surface area contributed by atoms with Gasteiger partial charge in [0.2, 0.25) is 0 Å². The highest BCUT2D eigenvalue weighted by atomic mass is 19.1. The van der Waals surface area contributed by atoms with E-state index < -0.39 is 19.0 Å². The standard InChI is InChI=1S/C10H13BFNO3/c1-2-15-10-7(12)4-3-6-8(5-13)16-11(14)9(6)10/h3-4,8,14H,2,5,13H2,1H3. The predicted octanol–water partition coefficient (Wildman–Crippen LogP) is -0.0581. The monoisotopic (exact) mass is 225 g/mol. The van der Waals surface area contributed by atoms with Gasteiger partial charge in [0.15, 0.2) is 11.6 Å². The molecule has 1 unspecified atom stereocenters. The van der Waals surface area contributed by atoms with Crippen molar-refractivity contribution in [2.75, 3.05) is 13.2 Å². The van der Waals surface area contributed by atoms with E-state index in [-0.39, 0.29) is 12.3 Å². The largest absolute Gasteiger partial charge is 0.495 e. The highest BCUT2D eigenvalue weighted by molar-refractivity contribution is 6.62. The van der Waals surface area contributed by atoms with Gasteiger partial charge in [0.1, 0.15) is 0 Å². The van der Waals surface area contributed by atoms with E-state index >= 15 is 0 Å². The van der Waals surface area contributed by atoms with E-state index in [0.29, 0.717) is 17.6 Å². The van der Waals surface area contributed by atoms with Gasteiger partial charge in [-0.1, -0.05) is 6.07 Å². The van der Waals surface area contributed by atoms with E-state index in [0.717, 1.165) is 0 Å². The summed E-state index contributed by atoms with van der Waals surface area (Å²) in [5.41, 5.74) is 6.56. The molecule has 0 amide bonds.